The maximum absolute atomic E-state index is 3.94. The molecule has 5 heteroatoms. The van der Waals surface area contributed by atoms with Gasteiger partial charge in [0.25, 0.3) is 0 Å². The Morgan fingerprint density at radius 1 is 1.67 bits per heavy atom. The van der Waals surface area contributed by atoms with Gasteiger partial charge in [-0.2, -0.15) is 0 Å². The molecule has 0 amide bonds. The minimum absolute atomic E-state index is 0.558. The van der Waals surface area contributed by atoms with Gasteiger partial charge in [-0.25, -0.2) is 4.68 Å². The van der Waals surface area contributed by atoms with E-state index in [1.54, 1.807) is 4.68 Å². The molecule has 0 radical (unpaired) electrons. The quantitative estimate of drug-likeness (QED) is 0.726. The van der Waals surface area contributed by atoms with Crippen LogP contribution in [-0.4, -0.2) is 25.0 Å². The van der Waals surface area contributed by atoms with E-state index in [0.29, 0.717) is 4.83 Å². The predicted octanol–water partition coefficient (Wildman–Crippen LogP) is 0.926. The zero-order chi connectivity index (χ0) is 8.55. The maximum atomic E-state index is 3.94. The van der Waals surface area contributed by atoms with Crippen molar-refractivity contribution in [1.82, 2.24) is 20.2 Å². The molecule has 12 heavy (non-hydrogen) atoms. The van der Waals surface area contributed by atoms with Crippen molar-refractivity contribution >= 4 is 15.9 Å². The second-order valence-corrected chi connectivity index (χ2v) is 4.45. The minimum atomic E-state index is 0.558. The highest BCUT2D eigenvalue weighted by atomic mass is 79.9. The van der Waals surface area contributed by atoms with E-state index < -0.39 is 0 Å². The topological polar surface area (TPSA) is 43.6 Å². The van der Waals surface area contributed by atoms with Crippen molar-refractivity contribution in [3.8, 4) is 0 Å². The van der Waals surface area contributed by atoms with Crippen LogP contribution in [0.1, 0.15) is 18.7 Å². The number of tetrazole rings is 1. The lowest BCUT2D eigenvalue weighted by atomic mass is 10.2. The van der Waals surface area contributed by atoms with Gasteiger partial charge in [0.05, 0.1) is 0 Å². The Morgan fingerprint density at radius 2 is 2.42 bits per heavy atom. The molecule has 1 unspecified atom stereocenters. The molecule has 0 saturated heterocycles. The summed E-state index contributed by atoms with van der Waals surface area (Å²) in [5.74, 6) is 1.81. The molecule has 0 N–H and O–H groups in total. The van der Waals surface area contributed by atoms with Gasteiger partial charge in [0, 0.05) is 18.3 Å². The fourth-order valence-corrected chi connectivity index (χ4v) is 2.04. The summed E-state index contributed by atoms with van der Waals surface area (Å²) >= 11 is 3.65. The number of alkyl halides is 1. The van der Waals surface area contributed by atoms with Crippen LogP contribution in [0.5, 0.6) is 0 Å². The van der Waals surface area contributed by atoms with Crippen LogP contribution < -0.4 is 0 Å². The van der Waals surface area contributed by atoms with E-state index in [0.717, 1.165) is 18.2 Å². The molecule has 0 aliphatic heterocycles. The molecule has 1 aromatic rings. The van der Waals surface area contributed by atoms with Crippen LogP contribution in [0.15, 0.2) is 0 Å². The van der Waals surface area contributed by atoms with Crippen LogP contribution in [0.25, 0.3) is 0 Å². The summed E-state index contributed by atoms with van der Waals surface area (Å²) in [6.07, 6.45) is 3.64. The van der Waals surface area contributed by atoms with E-state index in [1.165, 1.54) is 12.8 Å². The molecule has 0 bridgehead atoms. The molecular weight excluding hydrogens is 220 g/mol. The van der Waals surface area contributed by atoms with Crippen LogP contribution >= 0.6 is 15.9 Å². The van der Waals surface area contributed by atoms with Crippen molar-refractivity contribution < 1.29 is 0 Å². The molecule has 0 aromatic carbocycles. The first-order chi connectivity index (χ1) is 5.77. The first-order valence-corrected chi connectivity index (χ1v) is 5.04. The molecule has 1 aliphatic carbocycles. The van der Waals surface area contributed by atoms with Gasteiger partial charge < -0.3 is 0 Å². The number of aryl methyl sites for hydroxylation is 1. The fraction of sp³-hybridized carbons (Fsp3) is 0.857. The molecule has 0 spiro atoms. The molecule has 1 fully saturated rings. The Balaban J connectivity index is 1.97. The van der Waals surface area contributed by atoms with Gasteiger partial charge in [0.15, 0.2) is 5.82 Å². The highest BCUT2D eigenvalue weighted by molar-refractivity contribution is 9.09. The lowest BCUT2D eigenvalue weighted by Gasteiger charge is -2.04. The zero-order valence-electron chi connectivity index (χ0n) is 6.94. The number of aromatic nitrogens is 4. The van der Waals surface area contributed by atoms with E-state index in [1.807, 2.05) is 7.05 Å². The van der Waals surface area contributed by atoms with Crippen molar-refractivity contribution in [1.29, 1.82) is 0 Å². The van der Waals surface area contributed by atoms with Gasteiger partial charge in [-0.05, 0) is 29.2 Å². The summed E-state index contributed by atoms with van der Waals surface area (Å²) in [5.41, 5.74) is 0. The molecule has 1 atom stereocenters. The molecule has 2 rings (SSSR count). The van der Waals surface area contributed by atoms with Crippen molar-refractivity contribution in [2.75, 3.05) is 0 Å². The van der Waals surface area contributed by atoms with Crippen LogP contribution in [0, 0.1) is 5.92 Å². The van der Waals surface area contributed by atoms with Gasteiger partial charge in [0.1, 0.15) is 0 Å². The summed E-state index contributed by atoms with van der Waals surface area (Å²) in [6.45, 7) is 0. The molecule has 4 nitrogen and oxygen atoms in total. The van der Waals surface area contributed by atoms with Crippen molar-refractivity contribution in [3.05, 3.63) is 5.82 Å². The Bertz CT molecular complexity index is 268. The second-order valence-electron chi connectivity index (χ2n) is 3.28. The Morgan fingerprint density at radius 3 is 2.92 bits per heavy atom. The van der Waals surface area contributed by atoms with E-state index in [9.17, 15) is 0 Å². The second kappa shape index (κ2) is 3.12. The standard InChI is InChI=1S/C7H11BrN4/c1-12-7(9-10-11-12)4-6(8)5-2-3-5/h5-6H,2-4H2,1H3. The smallest absolute Gasteiger partial charge is 0.152 e. The fourth-order valence-electron chi connectivity index (χ4n) is 1.22. The number of hydrogen-bond acceptors (Lipinski definition) is 3. The largest absolute Gasteiger partial charge is 0.233 e. The van der Waals surface area contributed by atoms with Crippen molar-refractivity contribution in [2.24, 2.45) is 13.0 Å². The van der Waals surface area contributed by atoms with E-state index in [2.05, 4.69) is 31.5 Å². The monoisotopic (exact) mass is 230 g/mol. The van der Waals surface area contributed by atoms with Crippen LogP contribution in [-0.2, 0) is 13.5 Å². The first-order valence-electron chi connectivity index (χ1n) is 4.12. The summed E-state index contributed by atoms with van der Waals surface area (Å²) in [5, 5.41) is 11.3. The van der Waals surface area contributed by atoms with Gasteiger partial charge in [-0.15, -0.1) is 5.10 Å². The molecular formula is C7H11BrN4. The minimum Gasteiger partial charge on any atom is -0.233 e. The summed E-state index contributed by atoms with van der Waals surface area (Å²) in [7, 11) is 1.88. The van der Waals surface area contributed by atoms with Gasteiger partial charge in [0.2, 0.25) is 0 Å². The lowest BCUT2D eigenvalue weighted by Crippen LogP contribution is -2.10. The number of rotatable bonds is 3. The number of hydrogen-bond donors (Lipinski definition) is 0. The van der Waals surface area contributed by atoms with Crippen molar-refractivity contribution in [3.63, 3.8) is 0 Å². The average Bonchev–Trinajstić information content (AvgIpc) is 2.80. The normalized spacial score (nSPS) is 19.5. The Hall–Kier alpha value is -0.450. The third-order valence-corrected chi connectivity index (χ3v) is 3.29. The summed E-state index contributed by atoms with van der Waals surface area (Å²) in [4.78, 5) is 0.558. The lowest BCUT2D eigenvalue weighted by molar-refractivity contribution is 0.648. The summed E-state index contributed by atoms with van der Waals surface area (Å²) in [6, 6.07) is 0. The van der Waals surface area contributed by atoms with Gasteiger partial charge in [-0.1, -0.05) is 15.9 Å². The van der Waals surface area contributed by atoms with Crippen LogP contribution in [0.2, 0.25) is 0 Å². The first kappa shape index (κ1) is 8.16. The molecule has 1 aliphatic rings. The van der Waals surface area contributed by atoms with E-state index in [-0.39, 0.29) is 0 Å². The molecule has 1 aromatic heterocycles. The maximum Gasteiger partial charge on any atom is 0.152 e. The van der Waals surface area contributed by atoms with Crippen molar-refractivity contribution in [2.45, 2.75) is 24.1 Å². The van der Waals surface area contributed by atoms with Crippen LogP contribution in [0.4, 0.5) is 0 Å². The zero-order valence-corrected chi connectivity index (χ0v) is 8.53. The Kier molecular flexibility index (Phi) is 2.12. The van der Waals surface area contributed by atoms with Gasteiger partial charge >= 0.3 is 0 Å². The Labute approximate surface area is 79.5 Å². The molecule has 1 saturated carbocycles. The molecule has 66 valence electrons. The predicted molar refractivity (Wildman–Crippen MR) is 47.9 cm³/mol. The average molecular weight is 231 g/mol. The summed E-state index contributed by atoms with van der Waals surface area (Å²) < 4.78 is 1.73. The number of halogens is 1. The third kappa shape index (κ3) is 1.65. The molecule has 1 heterocycles. The third-order valence-electron chi connectivity index (χ3n) is 2.22. The van der Waals surface area contributed by atoms with Crippen LogP contribution in [0.3, 0.4) is 0 Å². The number of nitrogens with zero attached hydrogens (tertiary/aromatic N) is 4. The SMILES string of the molecule is Cn1nnnc1CC(Br)C1CC1. The highest BCUT2D eigenvalue weighted by Crippen LogP contribution is 2.37. The van der Waals surface area contributed by atoms with E-state index >= 15 is 0 Å². The van der Waals surface area contributed by atoms with Gasteiger partial charge in [-0.3, -0.25) is 0 Å². The van der Waals surface area contributed by atoms with E-state index in [4.69, 9.17) is 0 Å². The highest BCUT2D eigenvalue weighted by Gasteiger charge is 2.30.